The van der Waals surface area contributed by atoms with Crippen molar-refractivity contribution in [2.75, 3.05) is 18.5 Å². The molecular weight excluding hydrogens is 276 g/mol. The molecule has 7 heteroatoms. The van der Waals surface area contributed by atoms with Crippen molar-refractivity contribution in [3.8, 4) is 0 Å². The van der Waals surface area contributed by atoms with Crippen molar-refractivity contribution in [2.24, 2.45) is 0 Å². The molecule has 1 aromatic heterocycles. The number of amides is 2. The van der Waals surface area contributed by atoms with Gasteiger partial charge in [-0.1, -0.05) is 0 Å². The van der Waals surface area contributed by atoms with Gasteiger partial charge in [0.15, 0.2) is 5.82 Å². The molecule has 2 amide bonds. The summed E-state index contributed by atoms with van der Waals surface area (Å²) in [5.74, 6) is 0.416. The van der Waals surface area contributed by atoms with Crippen molar-refractivity contribution in [1.29, 1.82) is 0 Å². The highest BCUT2D eigenvalue weighted by Gasteiger charge is 2.17. The Hall–Kier alpha value is -1.21. The number of carbonyl (C=O) groups excluding carboxylic acids is 1. The van der Waals surface area contributed by atoms with Crippen LogP contribution in [0.4, 0.5) is 10.6 Å². The molecular formula is C9H11BrN4O2. The Balaban J connectivity index is 1.84. The number of rotatable bonds is 2. The number of urea groups is 1. The third-order valence-electron chi connectivity index (χ3n) is 2.13. The minimum Gasteiger partial charge on any atom is -0.379 e. The summed E-state index contributed by atoms with van der Waals surface area (Å²) in [5.41, 5.74) is 0. The molecule has 0 bridgehead atoms. The molecule has 1 fully saturated rings. The van der Waals surface area contributed by atoms with Crippen molar-refractivity contribution < 1.29 is 9.53 Å². The number of carbonyl (C=O) groups is 1. The van der Waals surface area contributed by atoms with Crippen LogP contribution in [-0.4, -0.2) is 35.3 Å². The van der Waals surface area contributed by atoms with Crippen LogP contribution in [0.5, 0.6) is 0 Å². The summed E-state index contributed by atoms with van der Waals surface area (Å²) in [5, 5.41) is 5.38. The van der Waals surface area contributed by atoms with Crippen LogP contribution in [0, 0.1) is 0 Å². The number of hydrogen-bond acceptors (Lipinski definition) is 4. The number of halogens is 1. The summed E-state index contributed by atoms with van der Waals surface area (Å²) in [4.78, 5) is 19.4. The first-order valence-corrected chi connectivity index (χ1v) is 5.66. The lowest BCUT2D eigenvalue weighted by molar-refractivity contribution is 0.189. The van der Waals surface area contributed by atoms with E-state index in [-0.39, 0.29) is 12.1 Å². The normalized spacial score (nSPS) is 19.4. The molecule has 2 heterocycles. The molecule has 1 aromatic rings. The lowest BCUT2D eigenvalue weighted by Crippen LogP contribution is -2.38. The third-order valence-corrected chi connectivity index (χ3v) is 2.54. The highest BCUT2D eigenvalue weighted by atomic mass is 79.9. The molecule has 1 unspecified atom stereocenters. The van der Waals surface area contributed by atoms with Crippen LogP contribution in [-0.2, 0) is 4.74 Å². The second-order valence-electron chi connectivity index (χ2n) is 3.38. The fourth-order valence-corrected chi connectivity index (χ4v) is 1.57. The first-order valence-electron chi connectivity index (χ1n) is 4.87. The Kier molecular flexibility index (Phi) is 3.68. The molecule has 1 aliphatic rings. The highest BCUT2D eigenvalue weighted by molar-refractivity contribution is 9.10. The van der Waals surface area contributed by atoms with E-state index in [0.717, 1.165) is 6.42 Å². The largest absolute Gasteiger partial charge is 0.379 e. The zero-order valence-electron chi connectivity index (χ0n) is 8.44. The van der Waals surface area contributed by atoms with Crippen LogP contribution < -0.4 is 10.6 Å². The van der Waals surface area contributed by atoms with Gasteiger partial charge in [-0.15, -0.1) is 0 Å². The third kappa shape index (κ3) is 3.14. The number of nitrogens with one attached hydrogen (secondary N) is 2. The molecule has 1 saturated heterocycles. The van der Waals surface area contributed by atoms with Crippen molar-refractivity contribution in [1.82, 2.24) is 15.3 Å². The molecule has 1 atom stereocenters. The van der Waals surface area contributed by atoms with Gasteiger partial charge in [-0.05, 0) is 22.4 Å². The Morgan fingerprint density at radius 3 is 3.00 bits per heavy atom. The summed E-state index contributed by atoms with van der Waals surface area (Å²) in [6.45, 7) is 1.27. The van der Waals surface area contributed by atoms with E-state index in [4.69, 9.17) is 4.74 Å². The molecule has 6 nitrogen and oxygen atoms in total. The van der Waals surface area contributed by atoms with Gasteiger partial charge in [0.05, 0.1) is 25.0 Å². The predicted octanol–water partition coefficient (Wildman–Crippen LogP) is 1.15. The summed E-state index contributed by atoms with van der Waals surface area (Å²) in [6.07, 6.45) is 3.85. The molecule has 16 heavy (non-hydrogen) atoms. The zero-order chi connectivity index (χ0) is 11.4. The Morgan fingerprint density at radius 1 is 1.50 bits per heavy atom. The number of aromatic nitrogens is 2. The van der Waals surface area contributed by atoms with Gasteiger partial charge in [0.1, 0.15) is 4.60 Å². The van der Waals surface area contributed by atoms with Crippen molar-refractivity contribution in [3.05, 3.63) is 17.0 Å². The second-order valence-corrected chi connectivity index (χ2v) is 4.20. The SMILES string of the molecule is O=C(Nc1cnc(Br)cn1)NC1CCOC1. The number of nitrogens with zero attached hydrogens (tertiary/aromatic N) is 2. The molecule has 0 aromatic carbocycles. The van der Waals surface area contributed by atoms with E-state index in [2.05, 4.69) is 36.5 Å². The number of ether oxygens (including phenoxy) is 1. The average molecular weight is 287 g/mol. The molecule has 2 N–H and O–H groups in total. The molecule has 0 aliphatic carbocycles. The van der Waals surface area contributed by atoms with Crippen molar-refractivity contribution in [3.63, 3.8) is 0 Å². The van der Waals surface area contributed by atoms with E-state index in [1.165, 1.54) is 12.4 Å². The van der Waals surface area contributed by atoms with Crippen LogP contribution in [0.3, 0.4) is 0 Å². The Labute approximate surface area is 101 Å². The van der Waals surface area contributed by atoms with Gasteiger partial charge < -0.3 is 10.1 Å². The maximum Gasteiger partial charge on any atom is 0.320 e. The monoisotopic (exact) mass is 286 g/mol. The Bertz CT molecular complexity index is 364. The number of hydrogen-bond donors (Lipinski definition) is 2. The summed E-state index contributed by atoms with van der Waals surface area (Å²) in [7, 11) is 0. The fraction of sp³-hybridized carbons (Fsp3) is 0.444. The summed E-state index contributed by atoms with van der Waals surface area (Å²) < 4.78 is 5.77. The van der Waals surface area contributed by atoms with Crippen LogP contribution in [0.25, 0.3) is 0 Å². The molecule has 0 spiro atoms. The minimum atomic E-state index is -0.285. The van der Waals surface area contributed by atoms with Gasteiger partial charge in [0.2, 0.25) is 0 Å². The van der Waals surface area contributed by atoms with Gasteiger partial charge in [0.25, 0.3) is 0 Å². The maximum atomic E-state index is 11.5. The van der Waals surface area contributed by atoms with E-state index in [1.807, 2.05) is 0 Å². The van der Waals surface area contributed by atoms with E-state index >= 15 is 0 Å². The predicted molar refractivity (Wildman–Crippen MR) is 61.1 cm³/mol. The molecule has 86 valence electrons. The fourth-order valence-electron chi connectivity index (χ4n) is 1.36. The number of anilines is 1. The van der Waals surface area contributed by atoms with E-state index in [1.54, 1.807) is 0 Å². The van der Waals surface area contributed by atoms with E-state index in [9.17, 15) is 4.79 Å². The topological polar surface area (TPSA) is 76.1 Å². The van der Waals surface area contributed by atoms with Crippen LogP contribution in [0.2, 0.25) is 0 Å². The van der Waals surface area contributed by atoms with Gasteiger partial charge in [-0.3, -0.25) is 5.32 Å². The molecule has 0 radical (unpaired) electrons. The van der Waals surface area contributed by atoms with Gasteiger partial charge in [-0.25, -0.2) is 14.8 Å². The van der Waals surface area contributed by atoms with Crippen molar-refractivity contribution >= 4 is 27.8 Å². The first kappa shape index (κ1) is 11.3. The maximum absolute atomic E-state index is 11.5. The quantitative estimate of drug-likeness (QED) is 0.855. The lowest BCUT2D eigenvalue weighted by atomic mass is 10.3. The van der Waals surface area contributed by atoms with Gasteiger partial charge >= 0.3 is 6.03 Å². The molecule has 0 saturated carbocycles. The Morgan fingerprint density at radius 2 is 2.38 bits per heavy atom. The van der Waals surface area contributed by atoms with E-state index < -0.39 is 0 Å². The van der Waals surface area contributed by atoms with E-state index in [0.29, 0.717) is 23.6 Å². The zero-order valence-corrected chi connectivity index (χ0v) is 10.0. The first-order chi connectivity index (χ1) is 7.74. The highest BCUT2D eigenvalue weighted by Crippen LogP contribution is 2.07. The van der Waals surface area contributed by atoms with Gasteiger partial charge in [-0.2, -0.15) is 0 Å². The standard InChI is InChI=1S/C9H11BrN4O2/c10-7-3-12-8(4-11-7)14-9(15)13-6-1-2-16-5-6/h3-4,6H,1-2,5H2,(H2,12,13,14,15). The van der Waals surface area contributed by atoms with Gasteiger partial charge in [0, 0.05) is 6.61 Å². The summed E-state index contributed by atoms with van der Waals surface area (Å²) in [6, 6.07) is -0.199. The second kappa shape index (κ2) is 5.22. The van der Waals surface area contributed by atoms with Crippen LogP contribution in [0.1, 0.15) is 6.42 Å². The lowest BCUT2D eigenvalue weighted by Gasteiger charge is -2.10. The smallest absolute Gasteiger partial charge is 0.320 e. The minimum absolute atomic E-state index is 0.0865. The molecule has 2 rings (SSSR count). The van der Waals surface area contributed by atoms with Crippen molar-refractivity contribution in [2.45, 2.75) is 12.5 Å². The van der Waals surface area contributed by atoms with Crippen LogP contribution >= 0.6 is 15.9 Å². The van der Waals surface area contributed by atoms with Crippen LogP contribution in [0.15, 0.2) is 17.0 Å². The molecule has 1 aliphatic heterocycles. The average Bonchev–Trinajstić information content (AvgIpc) is 2.74. The summed E-state index contributed by atoms with van der Waals surface area (Å²) >= 11 is 3.16.